The smallest absolute Gasteiger partial charge is 0.215 e. The number of aromatic nitrogens is 2. The molecule has 0 N–H and O–H groups in total. The second kappa shape index (κ2) is 6.07. The van der Waals surface area contributed by atoms with Gasteiger partial charge in [0.25, 0.3) is 0 Å². The van der Waals surface area contributed by atoms with Crippen molar-refractivity contribution in [3.8, 4) is 0 Å². The maximum Gasteiger partial charge on any atom is 0.215 e. The van der Waals surface area contributed by atoms with E-state index in [-0.39, 0.29) is 6.67 Å². The molecule has 4 heteroatoms. The maximum absolute atomic E-state index is 11.8. The Bertz CT molecular complexity index is 155. The van der Waals surface area contributed by atoms with E-state index in [1.165, 1.54) is 19.2 Å². The van der Waals surface area contributed by atoms with Crippen LogP contribution in [0.5, 0.6) is 0 Å². The molecule has 0 aliphatic heterocycles. The molecule has 0 aliphatic rings. The van der Waals surface area contributed by atoms with E-state index in [0.717, 1.165) is 6.33 Å². The largest absolute Gasteiger partial charge is 0.251 e. The van der Waals surface area contributed by atoms with E-state index < -0.39 is 5.95 Å². The molecule has 0 spiro atoms. The van der Waals surface area contributed by atoms with Crippen molar-refractivity contribution in [2.75, 3.05) is 6.67 Å². The van der Waals surface area contributed by atoms with Crippen molar-refractivity contribution in [3.05, 3.63) is 24.5 Å². The fraction of sp³-hybridized carbons (Fsp3) is 0.333. The van der Waals surface area contributed by atoms with Crippen LogP contribution in [-0.4, -0.2) is 16.6 Å². The minimum absolute atomic E-state index is 0.250. The highest BCUT2D eigenvalue weighted by Crippen LogP contribution is 1.82. The highest BCUT2D eigenvalue weighted by molar-refractivity contribution is 4.79. The average molecular weight is 146 g/mol. The molecule has 0 amide bonds. The summed E-state index contributed by atoms with van der Waals surface area (Å²) in [5.41, 5.74) is 0. The first-order valence-corrected chi connectivity index (χ1v) is 2.78. The summed E-state index contributed by atoms with van der Waals surface area (Å²) in [5, 5.41) is 0. The first kappa shape index (κ1) is 8.94. The number of nitrogens with zero attached hydrogens (tertiary/aromatic N) is 2. The van der Waals surface area contributed by atoms with Gasteiger partial charge in [0.1, 0.15) is 6.33 Å². The molecule has 0 saturated heterocycles. The van der Waals surface area contributed by atoms with E-state index in [1.54, 1.807) is 0 Å². The van der Waals surface area contributed by atoms with E-state index in [2.05, 4.69) is 9.97 Å². The third-order valence-electron chi connectivity index (χ3n) is 0.546. The molecule has 1 aromatic heterocycles. The van der Waals surface area contributed by atoms with E-state index in [4.69, 9.17) is 0 Å². The summed E-state index contributed by atoms with van der Waals surface area (Å²) in [6, 6.07) is 1.19. The molecule has 0 bridgehead atoms. The Kier molecular flexibility index (Phi) is 5.42. The molecule has 56 valence electrons. The Morgan fingerprint density at radius 1 is 1.60 bits per heavy atom. The van der Waals surface area contributed by atoms with Crippen LogP contribution in [-0.2, 0) is 0 Å². The van der Waals surface area contributed by atoms with Gasteiger partial charge in [-0.2, -0.15) is 4.39 Å². The van der Waals surface area contributed by atoms with Crippen LogP contribution in [0.4, 0.5) is 8.78 Å². The number of halogens is 2. The van der Waals surface area contributed by atoms with Gasteiger partial charge in [0.15, 0.2) is 0 Å². The Labute approximate surface area is 57.9 Å². The monoisotopic (exact) mass is 146 g/mol. The van der Waals surface area contributed by atoms with Gasteiger partial charge in [0.05, 0.1) is 6.67 Å². The maximum atomic E-state index is 11.8. The lowest BCUT2D eigenvalue weighted by atomic mass is 10.7. The second-order valence-electron chi connectivity index (χ2n) is 1.30. The van der Waals surface area contributed by atoms with Gasteiger partial charge < -0.3 is 0 Å². The number of hydrogen-bond acceptors (Lipinski definition) is 2. The normalized spacial score (nSPS) is 7.90. The highest BCUT2D eigenvalue weighted by atomic mass is 19.1. The average Bonchev–Trinajstić information content (AvgIpc) is 1.91. The standard InChI is InChI=1S/C4H3FN2.C2H5F/c5-4-1-2-6-3-7-4;1-2-3/h1-3H;2H2,1H3. The lowest BCUT2D eigenvalue weighted by Gasteiger charge is -1.77. The van der Waals surface area contributed by atoms with Gasteiger partial charge in [-0.3, -0.25) is 4.39 Å². The number of alkyl halides is 1. The zero-order valence-corrected chi connectivity index (χ0v) is 5.59. The Balaban J connectivity index is 0.000000236. The predicted octanol–water partition coefficient (Wildman–Crippen LogP) is 1.59. The van der Waals surface area contributed by atoms with Crippen LogP contribution in [0.15, 0.2) is 18.6 Å². The van der Waals surface area contributed by atoms with Gasteiger partial charge >= 0.3 is 0 Å². The zero-order chi connectivity index (χ0) is 7.82. The van der Waals surface area contributed by atoms with E-state index >= 15 is 0 Å². The molecule has 1 heterocycles. The predicted molar refractivity (Wildman–Crippen MR) is 33.6 cm³/mol. The van der Waals surface area contributed by atoms with Gasteiger partial charge in [-0.05, 0) is 6.92 Å². The van der Waals surface area contributed by atoms with Gasteiger partial charge in [0, 0.05) is 12.3 Å². The van der Waals surface area contributed by atoms with Crippen molar-refractivity contribution in [3.63, 3.8) is 0 Å². The van der Waals surface area contributed by atoms with Crippen LogP contribution in [0, 0.1) is 5.95 Å². The molecule has 10 heavy (non-hydrogen) atoms. The van der Waals surface area contributed by atoms with Crippen molar-refractivity contribution in [1.82, 2.24) is 9.97 Å². The lowest BCUT2D eigenvalue weighted by Crippen LogP contribution is -1.78. The number of hydrogen-bond donors (Lipinski definition) is 0. The summed E-state index contributed by atoms with van der Waals surface area (Å²) in [6.07, 6.45) is 2.51. The third-order valence-corrected chi connectivity index (χ3v) is 0.546. The molecule has 0 aliphatic carbocycles. The van der Waals surface area contributed by atoms with Crippen LogP contribution in [0.3, 0.4) is 0 Å². The van der Waals surface area contributed by atoms with Crippen molar-refractivity contribution >= 4 is 0 Å². The highest BCUT2D eigenvalue weighted by Gasteiger charge is 1.79. The first-order valence-electron chi connectivity index (χ1n) is 2.78. The van der Waals surface area contributed by atoms with E-state index in [0.29, 0.717) is 0 Å². The quantitative estimate of drug-likeness (QED) is 0.519. The summed E-state index contributed by atoms with van der Waals surface area (Å²) >= 11 is 0. The summed E-state index contributed by atoms with van der Waals surface area (Å²) < 4.78 is 22.0. The van der Waals surface area contributed by atoms with Gasteiger partial charge in [0.2, 0.25) is 5.95 Å². The molecular weight excluding hydrogens is 138 g/mol. The SMILES string of the molecule is CCF.Fc1ccncn1. The molecular formula is C6H8F2N2. The molecule has 2 nitrogen and oxygen atoms in total. The molecule has 0 unspecified atom stereocenters. The lowest BCUT2D eigenvalue weighted by molar-refractivity contribution is 0.527. The first-order chi connectivity index (χ1) is 4.81. The Morgan fingerprint density at radius 2 is 2.20 bits per heavy atom. The minimum atomic E-state index is -0.491. The van der Waals surface area contributed by atoms with Crippen molar-refractivity contribution < 1.29 is 8.78 Å². The second-order valence-corrected chi connectivity index (χ2v) is 1.30. The summed E-state index contributed by atoms with van der Waals surface area (Å²) in [6.45, 7) is 1.21. The van der Waals surface area contributed by atoms with Crippen LogP contribution in [0.1, 0.15) is 6.92 Å². The molecule has 0 fully saturated rings. The molecule has 0 saturated carbocycles. The van der Waals surface area contributed by atoms with E-state index in [1.807, 2.05) is 0 Å². The van der Waals surface area contributed by atoms with Crippen molar-refractivity contribution in [2.24, 2.45) is 0 Å². The van der Waals surface area contributed by atoms with Gasteiger partial charge in [-0.25, -0.2) is 9.97 Å². The van der Waals surface area contributed by atoms with Crippen LogP contribution in [0.25, 0.3) is 0 Å². The zero-order valence-electron chi connectivity index (χ0n) is 5.59. The Morgan fingerprint density at radius 3 is 2.40 bits per heavy atom. The van der Waals surface area contributed by atoms with Crippen molar-refractivity contribution in [1.29, 1.82) is 0 Å². The molecule has 0 radical (unpaired) electrons. The fourth-order valence-corrected chi connectivity index (χ4v) is 0.275. The number of rotatable bonds is 0. The summed E-state index contributed by atoms with van der Waals surface area (Å²) in [4.78, 5) is 6.70. The van der Waals surface area contributed by atoms with E-state index in [9.17, 15) is 8.78 Å². The minimum Gasteiger partial charge on any atom is -0.251 e. The van der Waals surface area contributed by atoms with Gasteiger partial charge in [-0.15, -0.1) is 0 Å². The molecule has 1 aromatic rings. The molecule has 0 aromatic carbocycles. The topological polar surface area (TPSA) is 25.8 Å². The van der Waals surface area contributed by atoms with Crippen LogP contribution in [0.2, 0.25) is 0 Å². The van der Waals surface area contributed by atoms with Gasteiger partial charge in [-0.1, -0.05) is 0 Å². The van der Waals surface area contributed by atoms with Crippen molar-refractivity contribution in [2.45, 2.75) is 6.92 Å². The molecule has 1 rings (SSSR count). The third kappa shape index (κ3) is 5.08. The summed E-state index contributed by atoms with van der Waals surface area (Å²) in [5.74, 6) is -0.491. The van der Waals surface area contributed by atoms with Crippen LogP contribution < -0.4 is 0 Å². The molecule has 0 atom stereocenters. The fourth-order valence-electron chi connectivity index (χ4n) is 0.275. The van der Waals surface area contributed by atoms with Crippen LogP contribution >= 0.6 is 0 Å². The Hall–Kier alpha value is -1.06. The summed E-state index contributed by atoms with van der Waals surface area (Å²) in [7, 11) is 0.